The third kappa shape index (κ3) is 4.75. The van der Waals surface area contributed by atoms with Gasteiger partial charge >= 0.3 is 0 Å². The minimum Gasteiger partial charge on any atom is -0.330 e. The van der Waals surface area contributed by atoms with Gasteiger partial charge in [-0.05, 0) is 51.1 Å². The summed E-state index contributed by atoms with van der Waals surface area (Å²) < 4.78 is 0. The molecule has 2 aliphatic rings. The number of nitrogens with two attached hydrogens (primary N) is 1. The molecule has 0 radical (unpaired) electrons. The molecule has 1 unspecified atom stereocenters. The van der Waals surface area contributed by atoms with Gasteiger partial charge in [-0.3, -0.25) is 4.90 Å². The molecule has 2 N–H and O–H groups in total. The average molecular weight is 266 g/mol. The van der Waals surface area contributed by atoms with Crippen molar-refractivity contribution >= 4 is 0 Å². The molecule has 0 aromatic carbocycles. The maximum Gasteiger partial charge on any atom is 0.00981 e. The highest BCUT2D eigenvalue weighted by Crippen LogP contribution is 2.30. The molecule has 0 amide bonds. The van der Waals surface area contributed by atoms with E-state index in [1.165, 1.54) is 77.2 Å². The minimum atomic E-state index is 0.690. The van der Waals surface area contributed by atoms with Gasteiger partial charge in [-0.1, -0.05) is 45.4 Å². The van der Waals surface area contributed by atoms with Gasteiger partial charge in [0.2, 0.25) is 0 Å². The Morgan fingerprint density at radius 3 is 1.79 bits per heavy atom. The number of hydrogen-bond donors (Lipinski definition) is 1. The molecular formula is C17H34N2. The van der Waals surface area contributed by atoms with Gasteiger partial charge in [-0.15, -0.1) is 0 Å². The van der Waals surface area contributed by atoms with Gasteiger partial charge in [0.1, 0.15) is 0 Å². The molecule has 0 aromatic rings. The standard InChI is InChI=1S/C17H34N2/c1-15(14-18)12-13-19(16-8-4-2-5-9-16)17-10-6-3-7-11-17/h15-17H,2-14,18H2,1H3. The molecule has 0 heterocycles. The van der Waals surface area contributed by atoms with Crippen LogP contribution in [-0.4, -0.2) is 30.1 Å². The number of rotatable bonds is 6. The van der Waals surface area contributed by atoms with E-state index in [1.807, 2.05) is 0 Å². The monoisotopic (exact) mass is 266 g/mol. The summed E-state index contributed by atoms with van der Waals surface area (Å²) >= 11 is 0. The molecule has 2 nitrogen and oxygen atoms in total. The molecular weight excluding hydrogens is 232 g/mol. The van der Waals surface area contributed by atoms with Gasteiger partial charge in [0.05, 0.1) is 0 Å². The van der Waals surface area contributed by atoms with Crippen molar-refractivity contribution in [3.05, 3.63) is 0 Å². The Balaban J connectivity index is 1.90. The Morgan fingerprint density at radius 1 is 0.895 bits per heavy atom. The molecule has 19 heavy (non-hydrogen) atoms. The maximum atomic E-state index is 5.80. The predicted molar refractivity (Wildman–Crippen MR) is 83.3 cm³/mol. The summed E-state index contributed by atoms with van der Waals surface area (Å²) in [4.78, 5) is 2.91. The van der Waals surface area contributed by atoms with Crippen molar-refractivity contribution in [1.29, 1.82) is 0 Å². The van der Waals surface area contributed by atoms with E-state index in [2.05, 4.69) is 11.8 Å². The summed E-state index contributed by atoms with van der Waals surface area (Å²) in [7, 11) is 0. The molecule has 0 spiro atoms. The smallest absolute Gasteiger partial charge is 0.00981 e. The second-order valence-electron chi connectivity index (χ2n) is 6.95. The predicted octanol–water partition coefficient (Wildman–Crippen LogP) is 3.94. The quantitative estimate of drug-likeness (QED) is 0.789. The molecule has 2 rings (SSSR count). The fraction of sp³-hybridized carbons (Fsp3) is 1.00. The Bertz CT molecular complexity index is 211. The topological polar surface area (TPSA) is 29.3 Å². The molecule has 0 aromatic heterocycles. The lowest BCUT2D eigenvalue weighted by atomic mass is 9.88. The first-order valence-electron chi connectivity index (χ1n) is 8.77. The van der Waals surface area contributed by atoms with E-state index in [0.29, 0.717) is 5.92 Å². The molecule has 2 fully saturated rings. The lowest BCUT2D eigenvalue weighted by molar-refractivity contribution is 0.0756. The van der Waals surface area contributed by atoms with Crippen molar-refractivity contribution in [3.8, 4) is 0 Å². The van der Waals surface area contributed by atoms with Crippen LogP contribution in [0, 0.1) is 5.92 Å². The largest absolute Gasteiger partial charge is 0.330 e. The molecule has 1 atom stereocenters. The highest BCUT2D eigenvalue weighted by molar-refractivity contribution is 4.84. The van der Waals surface area contributed by atoms with Crippen LogP contribution in [0.2, 0.25) is 0 Å². The first-order valence-corrected chi connectivity index (χ1v) is 8.77. The summed E-state index contributed by atoms with van der Waals surface area (Å²) in [6.45, 7) is 4.46. The van der Waals surface area contributed by atoms with E-state index in [-0.39, 0.29) is 0 Å². The van der Waals surface area contributed by atoms with Crippen LogP contribution in [0.15, 0.2) is 0 Å². The van der Waals surface area contributed by atoms with Crippen LogP contribution in [0.5, 0.6) is 0 Å². The van der Waals surface area contributed by atoms with E-state index in [4.69, 9.17) is 5.73 Å². The van der Waals surface area contributed by atoms with Crippen LogP contribution in [0.1, 0.15) is 77.6 Å². The average Bonchev–Trinajstić information content (AvgIpc) is 2.49. The van der Waals surface area contributed by atoms with Gasteiger partial charge in [0.15, 0.2) is 0 Å². The molecule has 0 aliphatic heterocycles. The van der Waals surface area contributed by atoms with Crippen LogP contribution >= 0.6 is 0 Å². The van der Waals surface area contributed by atoms with Crippen LogP contribution in [0.3, 0.4) is 0 Å². The highest BCUT2D eigenvalue weighted by atomic mass is 15.2. The number of hydrogen-bond acceptors (Lipinski definition) is 2. The Kier molecular flexibility index (Phi) is 6.66. The molecule has 2 aliphatic carbocycles. The van der Waals surface area contributed by atoms with Crippen molar-refractivity contribution in [3.63, 3.8) is 0 Å². The van der Waals surface area contributed by atoms with Gasteiger partial charge in [0.25, 0.3) is 0 Å². The highest BCUT2D eigenvalue weighted by Gasteiger charge is 2.28. The van der Waals surface area contributed by atoms with Gasteiger partial charge in [0, 0.05) is 12.1 Å². The van der Waals surface area contributed by atoms with Crippen LogP contribution in [-0.2, 0) is 0 Å². The number of nitrogens with zero attached hydrogens (tertiary/aromatic N) is 1. The Morgan fingerprint density at radius 2 is 1.37 bits per heavy atom. The van der Waals surface area contributed by atoms with Crippen LogP contribution in [0.4, 0.5) is 0 Å². The Labute approximate surface area is 120 Å². The van der Waals surface area contributed by atoms with Gasteiger partial charge in [-0.25, -0.2) is 0 Å². The molecule has 112 valence electrons. The summed E-state index contributed by atoms with van der Waals surface area (Å²) in [5.74, 6) is 0.690. The SMILES string of the molecule is CC(CN)CCN(C1CCCCC1)C1CCCCC1. The van der Waals surface area contributed by atoms with Crippen molar-refractivity contribution in [2.75, 3.05) is 13.1 Å². The van der Waals surface area contributed by atoms with Crippen LogP contribution in [0.25, 0.3) is 0 Å². The summed E-state index contributed by atoms with van der Waals surface area (Å²) in [6, 6.07) is 1.78. The maximum absolute atomic E-state index is 5.80. The van der Waals surface area contributed by atoms with E-state index in [0.717, 1.165) is 18.6 Å². The minimum absolute atomic E-state index is 0.690. The van der Waals surface area contributed by atoms with E-state index in [9.17, 15) is 0 Å². The lowest BCUT2D eigenvalue weighted by Gasteiger charge is -2.42. The van der Waals surface area contributed by atoms with Gasteiger partial charge in [-0.2, -0.15) is 0 Å². The van der Waals surface area contributed by atoms with E-state index in [1.54, 1.807) is 0 Å². The third-order valence-electron chi connectivity index (χ3n) is 5.37. The first-order chi connectivity index (χ1) is 9.31. The van der Waals surface area contributed by atoms with E-state index >= 15 is 0 Å². The zero-order valence-electron chi connectivity index (χ0n) is 12.9. The third-order valence-corrected chi connectivity index (χ3v) is 5.37. The summed E-state index contributed by atoms with van der Waals surface area (Å²) in [5.41, 5.74) is 5.80. The molecule has 2 heteroatoms. The zero-order chi connectivity index (χ0) is 13.5. The fourth-order valence-electron chi connectivity index (χ4n) is 3.98. The van der Waals surface area contributed by atoms with Crippen molar-refractivity contribution in [2.45, 2.75) is 89.6 Å². The normalized spacial score (nSPS) is 24.8. The zero-order valence-corrected chi connectivity index (χ0v) is 12.9. The second-order valence-corrected chi connectivity index (χ2v) is 6.95. The van der Waals surface area contributed by atoms with Crippen molar-refractivity contribution in [1.82, 2.24) is 4.90 Å². The molecule has 2 saturated carbocycles. The first kappa shape index (κ1) is 15.3. The second kappa shape index (κ2) is 8.26. The Hall–Kier alpha value is -0.0800. The van der Waals surface area contributed by atoms with E-state index < -0.39 is 0 Å². The van der Waals surface area contributed by atoms with Crippen molar-refractivity contribution < 1.29 is 0 Å². The lowest BCUT2D eigenvalue weighted by Crippen LogP contribution is -2.46. The molecule has 0 bridgehead atoms. The fourth-order valence-corrected chi connectivity index (χ4v) is 3.98. The van der Waals surface area contributed by atoms with Crippen molar-refractivity contribution in [2.24, 2.45) is 11.7 Å². The molecule has 0 saturated heterocycles. The van der Waals surface area contributed by atoms with Crippen LogP contribution < -0.4 is 5.73 Å². The summed E-state index contributed by atoms with van der Waals surface area (Å²) in [5, 5.41) is 0. The van der Waals surface area contributed by atoms with Gasteiger partial charge < -0.3 is 5.73 Å². The summed E-state index contributed by atoms with van der Waals surface area (Å²) in [6.07, 6.45) is 15.9.